The molecule has 1 amide bonds. The number of anilines is 1. The number of rotatable bonds is 4. The Balaban J connectivity index is 1.70. The largest absolute Gasteiger partial charge is 0.445 e. The number of oxazole rings is 1. The molecule has 0 aliphatic carbocycles. The first kappa shape index (κ1) is 16.6. The van der Waals surface area contributed by atoms with E-state index in [1.165, 1.54) is 0 Å². The molecule has 0 unspecified atom stereocenters. The zero-order valence-corrected chi connectivity index (χ0v) is 13.4. The van der Waals surface area contributed by atoms with E-state index in [0.717, 1.165) is 43.3 Å². The van der Waals surface area contributed by atoms with E-state index in [0.29, 0.717) is 18.9 Å². The van der Waals surface area contributed by atoms with Gasteiger partial charge in [0.1, 0.15) is 17.4 Å². The Morgan fingerprint density at radius 1 is 1.33 bits per heavy atom. The first-order chi connectivity index (χ1) is 11.5. The maximum Gasteiger partial charge on any atom is 0.241 e. The fraction of sp³-hybridized carbons (Fsp3) is 0.412. The van der Waals surface area contributed by atoms with Gasteiger partial charge >= 0.3 is 0 Å². The van der Waals surface area contributed by atoms with Gasteiger partial charge in [0.15, 0.2) is 0 Å². The van der Waals surface area contributed by atoms with Gasteiger partial charge in [0, 0.05) is 11.8 Å². The molecule has 3 rings (SSSR count). The number of halogens is 2. The van der Waals surface area contributed by atoms with Crippen molar-refractivity contribution in [2.45, 2.75) is 38.8 Å². The SMILES string of the molecule is Cc1cnc(CN2CCCC[C@@H]2C(=O)Nc2cc(F)cc(F)c2)o1. The lowest BCUT2D eigenvalue weighted by Gasteiger charge is -2.33. The molecule has 1 fully saturated rings. The molecule has 0 spiro atoms. The Morgan fingerprint density at radius 2 is 2.08 bits per heavy atom. The van der Waals surface area contributed by atoms with Gasteiger partial charge < -0.3 is 9.73 Å². The number of nitrogens with one attached hydrogen (secondary N) is 1. The molecule has 0 bridgehead atoms. The molecule has 0 radical (unpaired) electrons. The number of likely N-dealkylation sites (tertiary alicyclic amines) is 1. The Hall–Kier alpha value is -2.28. The summed E-state index contributed by atoms with van der Waals surface area (Å²) in [6, 6.07) is 2.60. The highest BCUT2D eigenvalue weighted by Crippen LogP contribution is 2.22. The highest BCUT2D eigenvalue weighted by molar-refractivity contribution is 5.94. The molecule has 1 aromatic carbocycles. The number of carbonyl (C=O) groups is 1. The quantitative estimate of drug-likeness (QED) is 0.932. The minimum atomic E-state index is -0.721. The van der Waals surface area contributed by atoms with Crippen LogP contribution in [-0.4, -0.2) is 28.4 Å². The van der Waals surface area contributed by atoms with Gasteiger partial charge in [-0.05, 0) is 38.4 Å². The number of hydrogen-bond acceptors (Lipinski definition) is 4. The third kappa shape index (κ3) is 3.97. The molecule has 1 aromatic heterocycles. The summed E-state index contributed by atoms with van der Waals surface area (Å²) in [5.74, 6) is -0.438. The summed E-state index contributed by atoms with van der Waals surface area (Å²) in [4.78, 5) is 18.7. The van der Waals surface area contributed by atoms with Crippen molar-refractivity contribution in [1.82, 2.24) is 9.88 Å². The van der Waals surface area contributed by atoms with Crippen molar-refractivity contribution in [3.63, 3.8) is 0 Å². The minimum absolute atomic E-state index is 0.120. The van der Waals surface area contributed by atoms with Crippen molar-refractivity contribution in [1.29, 1.82) is 0 Å². The van der Waals surface area contributed by atoms with Crippen LogP contribution in [0.1, 0.15) is 30.9 Å². The summed E-state index contributed by atoms with van der Waals surface area (Å²) in [6.07, 6.45) is 4.24. The van der Waals surface area contributed by atoms with Crippen LogP contribution < -0.4 is 5.32 Å². The third-order valence-corrected chi connectivity index (χ3v) is 4.05. The van der Waals surface area contributed by atoms with Crippen LogP contribution in [0.3, 0.4) is 0 Å². The minimum Gasteiger partial charge on any atom is -0.445 e. The van der Waals surface area contributed by atoms with Gasteiger partial charge in [-0.15, -0.1) is 0 Å². The normalized spacial score (nSPS) is 18.5. The maximum atomic E-state index is 13.3. The van der Waals surface area contributed by atoms with Crippen LogP contribution in [0.15, 0.2) is 28.8 Å². The molecular formula is C17H19F2N3O2. The highest BCUT2D eigenvalue weighted by Gasteiger charge is 2.29. The maximum absolute atomic E-state index is 13.3. The van der Waals surface area contributed by atoms with Crippen molar-refractivity contribution in [3.8, 4) is 0 Å². The number of aromatic nitrogens is 1. The topological polar surface area (TPSA) is 58.4 Å². The number of aryl methyl sites for hydroxylation is 1. The number of piperidine rings is 1. The van der Waals surface area contributed by atoms with Gasteiger partial charge in [0.2, 0.25) is 11.8 Å². The second-order valence-electron chi connectivity index (χ2n) is 5.99. The van der Waals surface area contributed by atoms with E-state index >= 15 is 0 Å². The molecule has 128 valence electrons. The van der Waals surface area contributed by atoms with Crippen molar-refractivity contribution >= 4 is 11.6 Å². The zero-order valence-electron chi connectivity index (χ0n) is 13.4. The highest BCUT2D eigenvalue weighted by atomic mass is 19.1. The molecule has 7 heteroatoms. The first-order valence-electron chi connectivity index (χ1n) is 7.93. The van der Waals surface area contributed by atoms with Gasteiger partial charge in [-0.25, -0.2) is 13.8 Å². The lowest BCUT2D eigenvalue weighted by Crippen LogP contribution is -2.46. The van der Waals surface area contributed by atoms with Crippen LogP contribution in [0.25, 0.3) is 0 Å². The molecule has 24 heavy (non-hydrogen) atoms. The standard InChI is InChI=1S/C17H19F2N3O2/c1-11-9-20-16(24-11)10-22-5-3-2-4-15(22)17(23)21-14-7-12(18)6-13(19)8-14/h6-9,15H,2-5,10H2,1H3,(H,21,23)/t15-/m1/s1. The Labute approximate surface area is 138 Å². The third-order valence-electron chi connectivity index (χ3n) is 4.05. The molecule has 2 heterocycles. The summed E-state index contributed by atoms with van der Waals surface area (Å²) in [5, 5.41) is 2.60. The first-order valence-corrected chi connectivity index (χ1v) is 7.93. The number of nitrogens with zero attached hydrogens (tertiary/aromatic N) is 2. The monoisotopic (exact) mass is 335 g/mol. The van der Waals surface area contributed by atoms with E-state index < -0.39 is 11.6 Å². The van der Waals surface area contributed by atoms with E-state index in [1.807, 2.05) is 11.8 Å². The molecule has 1 aliphatic heterocycles. The summed E-state index contributed by atoms with van der Waals surface area (Å²) in [5.41, 5.74) is 0.120. The molecule has 2 aromatic rings. The van der Waals surface area contributed by atoms with Gasteiger partial charge in [-0.3, -0.25) is 9.69 Å². The van der Waals surface area contributed by atoms with Crippen LogP contribution in [-0.2, 0) is 11.3 Å². The number of hydrogen-bond donors (Lipinski definition) is 1. The average molecular weight is 335 g/mol. The lowest BCUT2D eigenvalue weighted by molar-refractivity contribution is -0.122. The van der Waals surface area contributed by atoms with Crippen molar-refractivity contribution < 1.29 is 18.0 Å². The Kier molecular flexibility index (Phi) is 4.89. The smallest absolute Gasteiger partial charge is 0.241 e. The van der Waals surface area contributed by atoms with E-state index in [-0.39, 0.29) is 17.6 Å². The van der Waals surface area contributed by atoms with Crippen molar-refractivity contribution in [2.75, 3.05) is 11.9 Å². The van der Waals surface area contributed by atoms with Crippen LogP contribution >= 0.6 is 0 Å². The predicted molar refractivity (Wildman–Crippen MR) is 84.3 cm³/mol. The van der Waals surface area contributed by atoms with Gasteiger partial charge in [-0.2, -0.15) is 0 Å². The van der Waals surface area contributed by atoms with E-state index in [4.69, 9.17) is 4.42 Å². The molecule has 1 aliphatic rings. The average Bonchev–Trinajstić information content (AvgIpc) is 2.92. The summed E-state index contributed by atoms with van der Waals surface area (Å²) in [6.45, 7) is 3.00. The van der Waals surface area contributed by atoms with Crippen molar-refractivity contribution in [2.24, 2.45) is 0 Å². The fourth-order valence-electron chi connectivity index (χ4n) is 2.98. The number of amides is 1. The summed E-state index contributed by atoms with van der Waals surface area (Å²) in [7, 11) is 0. The Morgan fingerprint density at radius 3 is 2.75 bits per heavy atom. The molecule has 1 atom stereocenters. The molecule has 1 saturated heterocycles. The van der Waals surface area contributed by atoms with E-state index in [9.17, 15) is 13.6 Å². The molecular weight excluding hydrogens is 316 g/mol. The van der Waals surface area contributed by atoms with Crippen molar-refractivity contribution in [3.05, 3.63) is 47.7 Å². The lowest BCUT2D eigenvalue weighted by atomic mass is 10.0. The Bertz CT molecular complexity index is 712. The number of benzene rings is 1. The van der Waals surface area contributed by atoms with Gasteiger partial charge in [-0.1, -0.05) is 6.42 Å². The molecule has 0 saturated carbocycles. The van der Waals surface area contributed by atoms with Gasteiger partial charge in [0.25, 0.3) is 0 Å². The molecule has 5 nitrogen and oxygen atoms in total. The number of carbonyl (C=O) groups excluding carboxylic acids is 1. The van der Waals surface area contributed by atoms with Crippen LogP contribution in [0.2, 0.25) is 0 Å². The summed E-state index contributed by atoms with van der Waals surface area (Å²) >= 11 is 0. The van der Waals surface area contributed by atoms with Crippen LogP contribution in [0.5, 0.6) is 0 Å². The van der Waals surface area contributed by atoms with Gasteiger partial charge in [0.05, 0.1) is 18.8 Å². The van der Waals surface area contributed by atoms with Crippen LogP contribution in [0.4, 0.5) is 14.5 Å². The fourth-order valence-corrected chi connectivity index (χ4v) is 2.98. The second-order valence-corrected chi connectivity index (χ2v) is 5.99. The molecule has 1 N–H and O–H groups in total. The van der Waals surface area contributed by atoms with E-state index in [2.05, 4.69) is 10.3 Å². The predicted octanol–water partition coefficient (Wildman–Crippen LogP) is 3.25. The van der Waals surface area contributed by atoms with Crippen LogP contribution in [0, 0.1) is 18.6 Å². The van der Waals surface area contributed by atoms with E-state index in [1.54, 1.807) is 6.20 Å². The second kappa shape index (κ2) is 7.09. The zero-order chi connectivity index (χ0) is 17.1. The summed E-state index contributed by atoms with van der Waals surface area (Å²) < 4.78 is 32.0.